The van der Waals surface area contributed by atoms with Crippen LogP contribution < -0.4 is 5.32 Å². The highest BCUT2D eigenvalue weighted by Crippen LogP contribution is 2.27. The lowest BCUT2D eigenvalue weighted by atomic mass is 9.84. The molecule has 1 aliphatic carbocycles. The molecule has 0 unspecified atom stereocenters. The molecular weight excluding hydrogens is 186 g/mol. The lowest BCUT2D eigenvalue weighted by molar-refractivity contribution is 0.00259. The molecule has 0 aromatic heterocycles. The lowest BCUT2D eigenvalue weighted by Crippen LogP contribution is -2.45. The predicted molar refractivity (Wildman–Crippen MR) is 65.0 cm³/mol. The summed E-state index contributed by atoms with van der Waals surface area (Å²) in [6.45, 7) is 7.48. The van der Waals surface area contributed by atoms with Gasteiger partial charge in [-0.15, -0.1) is 0 Å². The van der Waals surface area contributed by atoms with Gasteiger partial charge in [-0.1, -0.05) is 33.1 Å². The Hall–Kier alpha value is -0.0800. The maximum atomic E-state index is 10.3. The normalized spacial score (nSPS) is 23.0. The van der Waals surface area contributed by atoms with Crippen LogP contribution in [0.1, 0.15) is 59.3 Å². The Labute approximate surface area is 94.5 Å². The van der Waals surface area contributed by atoms with Crippen molar-refractivity contribution in [2.24, 2.45) is 5.92 Å². The van der Waals surface area contributed by atoms with Crippen LogP contribution in [-0.2, 0) is 0 Å². The van der Waals surface area contributed by atoms with Gasteiger partial charge in [-0.3, -0.25) is 0 Å². The van der Waals surface area contributed by atoms with Crippen molar-refractivity contribution >= 4 is 0 Å². The van der Waals surface area contributed by atoms with Crippen LogP contribution in [0.4, 0.5) is 0 Å². The van der Waals surface area contributed by atoms with Gasteiger partial charge in [-0.2, -0.15) is 0 Å². The van der Waals surface area contributed by atoms with Gasteiger partial charge >= 0.3 is 0 Å². The van der Waals surface area contributed by atoms with E-state index in [-0.39, 0.29) is 0 Å². The van der Waals surface area contributed by atoms with Crippen LogP contribution in [0.5, 0.6) is 0 Å². The third-order valence-corrected chi connectivity index (χ3v) is 3.39. The minimum Gasteiger partial charge on any atom is -0.389 e. The Balaban J connectivity index is 2.22. The van der Waals surface area contributed by atoms with E-state index < -0.39 is 5.60 Å². The highest BCUT2D eigenvalue weighted by atomic mass is 16.3. The SMILES string of the molecule is CC(C)C[C@@H](C)NCC1(O)CCCCC1. The van der Waals surface area contributed by atoms with Crippen molar-refractivity contribution < 1.29 is 5.11 Å². The van der Waals surface area contributed by atoms with Crippen molar-refractivity contribution in [1.82, 2.24) is 5.32 Å². The van der Waals surface area contributed by atoms with Gasteiger partial charge in [0.25, 0.3) is 0 Å². The number of hydrogen-bond donors (Lipinski definition) is 2. The van der Waals surface area contributed by atoms with Crippen molar-refractivity contribution in [3.05, 3.63) is 0 Å². The Kier molecular flexibility index (Phi) is 5.07. The average Bonchev–Trinajstić information content (AvgIpc) is 2.15. The van der Waals surface area contributed by atoms with Crippen molar-refractivity contribution in [3.63, 3.8) is 0 Å². The third-order valence-electron chi connectivity index (χ3n) is 3.39. The van der Waals surface area contributed by atoms with Crippen LogP contribution in [0.3, 0.4) is 0 Å². The van der Waals surface area contributed by atoms with E-state index in [1.165, 1.54) is 25.7 Å². The molecule has 1 saturated carbocycles. The van der Waals surface area contributed by atoms with Gasteiger partial charge in [0.05, 0.1) is 5.60 Å². The summed E-state index contributed by atoms with van der Waals surface area (Å²) < 4.78 is 0. The van der Waals surface area contributed by atoms with Crippen molar-refractivity contribution in [2.45, 2.75) is 70.9 Å². The molecule has 0 aliphatic heterocycles. The Morgan fingerprint density at radius 2 is 1.73 bits per heavy atom. The zero-order valence-corrected chi connectivity index (χ0v) is 10.6. The maximum Gasteiger partial charge on any atom is 0.0771 e. The number of nitrogens with one attached hydrogen (secondary N) is 1. The summed E-state index contributed by atoms with van der Waals surface area (Å²) in [6.07, 6.45) is 6.83. The minimum atomic E-state index is -0.413. The summed E-state index contributed by atoms with van der Waals surface area (Å²) in [5.74, 6) is 0.730. The second kappa shape index (κ2) is 5.86. The van der Waals surface area contributed by atoms with E-state index in [4.69, 9.17) is 0 Å². The fourth-order valence-electron chi connectivity index (χ4n) is 2.54. The largest absolute Gasteiger partial charge is 0.389 e. The van der Waals surface area contributed by atoms with Crippen LogP contribution in [0, 0.1) is 5.92 Å². The van der Waals surface area contributed by atoms with Crippen LogP contribution >= 0.6 is 0 Å². The molecular formula is C13H27NO. The molecule has 0 bridgehead atoms. The molecule has 0 amide bonds. The molecule has 2 N–H and O–H groups in total. The van der Waals surface area contributed by atoms with Crippen LogP contribution in [0.2, 0.25) is 0 Å². The molecule has 0 spiro atoms. The minimum absolute atomic E-state index is 0.413. The molecule has 2 nitrogen and oxygen atoms in total. The number of aliphatic hydroxyl groups is 1. The summed E-state index contributed by atoms with van der Waals surface area (Å²) in [4.78, 5) is 0. The van der Waals surface area contributed by atoms with Crippen molar-refractivity contribution in [3.8, 4) is 0 Å². The molecule has 0 aromatic rings. The standard InChI is InChI=1S/C13H27NO/c1-11(2)9-12(3)14-10-13(15)7-5-4-6-8-13/h11-12,14-15H,4-10H2,1-3H3/t12-/m1/s1. The molecule has 1 atom stereocenters. The van der Waals surface area contributed by atoms with Crippen LogP contribution in [-0.4, -0.2) is 23.3 Å². The molecule has 1 fully saturated rings. The summed E-state index contributed by atoms with van der Waals surface area (Å²) >= 11 is 0. The van der Waals surface area contributed by atoms with Gasteiger partial charge in [0.1, 0.15) is 0 Å². The first-order valence-corrected chi connectivity index (χ1v) is 6.48. The molecule has 15 heavy (non-hydrogen) atoms. The van der Waals surface area contributed by atoms with E-state index in [0.29, 0.717) is 6.04 Å². The first-order chi connectivity index (χ1) is 7.02. The fraction of sp³-hybridized carbons (Fsp3) is 1.00. The second-order valence-electron chi connectivity index (χ2n) is 5.70. The van der Waals surface area contributed by atoms with E-state index in [2.05, 4.69) is 26.1 Å². The Bertz CT molecular complexity index is 173. The topological polar surface area (TPSA) is 32.3 Å². The van der Waals surface area contributed by atoms with E-state index >= 15 is 0 Å². The van der Waals surface area contributed by atoms with Gasteiger partial charge in [-0.05, 0) is 32.1 Å². The average molecular weight is 213 g/mol. The van der Waals surface area contributed by atoms with Gasteiger partial charge in [-0.25, -0.2) is 0 Å². The smallest absolute Gasteiger partial charge is 0.0771 e. The molecule has 90 valence electrons. The van der Waals surface area contributed by atoms with Crippen LogP contribution in [0.15, 0.2) is 0 Å². The third kappa shape index (κ3) is 4.98. The fourth-order valence-corrected chi connectivity index (χ4v) is 2.54. The molecule has 0 radical (unpaired) electrons. The molecule has 1 aliphatic rings. The van der Waals surface area contributed by atoms with Crippen molar-refractivity contribution in [1.29, 1.82) is 0 Å². The quantitative estimate of drug-likeness (QED) is 0.736. The van der Waals surface area contributed by atoms with Gasteiger partial charge in [0.2, 0.25) is 0 Å². The maximum absolute atomic E-state index is 10.3. The van der Waals surface area contributed by atoms with E-state index in [1.54, 1.807) is 0 Å². The molecule has 0 saturated heterocycles. The summed E-state index contributed by atoms with van der Waals surface area (Å²) in [5.41, 5.74) is -0.413. The first-order valence-electron chi connectivity index (χ1n) is 6.48. The second-order valence-corrected chi connectivity index (χ2v) is 5.70. The zero-order valence-electron chi connectivity index (χ0n) is 10.6. The van der Waals surface area contributed by atoms with E-state index in [9.17, 15) is 5.11 Å². The monoisotopic (exact) mass is 213 g/mol. The van der Waals surface area contributed by atoms with Gasteiger partial charge < -0.3 is 10.4 Å². The lowest BCUT2D eigenvalue weighted by Gasteiger charge is -2.33. The van der Waals surface area contributed by atoms with Crippen molar-refractivity contribution in [2.75, 3.05) is 6.54 Å². The predicted octanol–water partition coefficient (Wildman–Crippen LogP) is 2.71. The highest BCUT2D eigenvalue weighted by Gasteiger charge is 2.28. The van der Waals surface area contributed by atoms with E-state index in [0.717, 1.165) is 25.3 Å². The summed E-state index contributed by atoms with van der Waals surface area (Å²) in [5, 5.41) is 13.8. The number of rotatable bonds is 5. The van der Waals surface area contributed by atoms with Crippen LogP contribution in [0.25, 0.3) is 0 Å². The highest BCUT2D eigenvalue weighted by molar-refractivity contribution is 4.85. The summed E-state index contributed by atoms with van der Waals surface area (Å²) in [6, 6.07) is 0.524. The Morgan fingerprint density at radius 1 is 1.13 bits per heavy atom. The Morgan fingerprint density at radius 3 is 2.27 bits per heavy atom. The molecule has 0 aromatic carbocycles. The molecule has 1 rings (SSSR count). The zero-order chi connectivity index (χ0) is 11.3. The van der Waals surface area contributed by atoms with Gasteiger partial charge in [0.15, 0.2) is 0 Å². The summed E-state index contributed by atoms with van der Waals surface area (Å²) in [7, 11) is 0. The first kappa shape index (κ1) is 13.0. The van der Waals surface area contributed by atoms with Gasteiger partial charge in [0, 0.05) is 12.6 Å². The van der Waals surface area contributed by atoms with E-state index in [1.807, 2.05) is 0 Å². The molecule has 0 heterocycles. The molecule has 2 heteroatoms. The number of hydrogen-bond acceptors (Lipinski definition) is 2.